The molecule has 1 aliphatic heterocycles. The zero-order chi connectivity index (χ0) is 36.1. The van der Waals surface area contributed by atoms with Crippen molar-refractivity contribution in [3.05, 3.63) is 171 Å². The van der Waals surface area contributed by atoms with Gasteiger partial charge in [0.2, 0.25) is 0 Å². The molecule has 0 amide bonds. The van der Waals surface area contributed by atoms with Crippen molar-refractivity contribution >= 4 is 67.1 Å². The normalized spacial score (nSPS) is 17.1. The topological polar surface area (TPSA) is 32.9 Å². The van der Waals surface area contributed by atoms with Gasteiger partial charge in [0.25, 0.3) is 0 Å². The van der Waals surface area contributed by atoms with Crippen molar-refractivity contribution in [2.45, 2.75) is 38.3 Å². The van der Waals surface area contributed by atoms with Crippen LogP contribution in [-0.2, 0) is 5.41 Å². The van der Waals surface area contributed by atoms with Crippen molar-refractivity contribution in [3.8, 4) is 16.8 Å². The van der Waals surface area contributed by atoms with Crippen molar-refractivity contribution in [1.82, 2.24) is 9.47 Å². The molecule has 5 heteroatoms. The van der Waals surface area contributed by atoms with Crippen molar-refractivity contribution in [1.29, 1.82) is 0 Å². The lowest BCUT2D eigenvalue weighted by Crippen LogP contribution is -2.35. The number of fused-ring (bicyclic) bond motifs is 10. The monoisotopic (exact) mass is 714 g/mol. The van der Waals surface area contributed by atoms with Gasteiger partial charge in [-0.2, -0.15) is 0 Å². The van der Waals surface area contributed by atoms with E-state index in [4.69, 9.17) is 9.98 Å². The van der Waals surface area contributed by atoms with Gasteiger partial charge in [-0.3, -0.25) is 0 Å². The van der Waals surface area contributed by atoms with Crippen molar-refractivity contribution < 1.29 is 0 Å². The van der Waals surface area contributed by atoms with E-state index in [2.05, 4.69) is 170 Å². The van der Waals surface area contributed by atoms with Gasteiger partial charge in [-0.25, -0.2) is 9.98 Å². The van der Waals surface area contributed by atoms with Crippen molar-refractivity contribution in [2.75, 3.05) is 7.05 Å². The van der Waals surface area contributed by atoms with Gasteiger partial charge in [-0.15, -0.1) is 11.3 Å². The summed E-state index contributed by atoms with van der Waals surface area (Å²) in [5, 5.41) is 5.24. The number of aliphatic imine (C=N–C) groups is 2. The SMILES string of the molecule is CN1C(c2cc(-n3c4ccccc4c4ccc5c(c43)C(C)(C)c3ccccc3-5)c3c4c(sc3c2)=CCCC=4)=NC(c2ccccc2)=NC1c1ccccc1. The Kier molecular flexibility index (Phi) is 6.84. The molecule has 2 aliphatic carbocycles. The van der Waals surface area contributed by atoms with E-state index in [9.17, 15) is 0 Å². The predicted octanol–water partition coefficient (Wildman–Crippen LogP) is 10.5. The van der Waals surface area contributed by atoms with Gasteiger partial charge in [0.05, 0.1) is 16.7 Å². The summed E-state index contributed by atoms with van der Waals surface area (Å²) in [5.41, 5.74) is 12.2. The number of benzene rings is 6. The summed E-state index contributed by atoms with van der Waals surface area (Å²) < 4.78 is 5.24. The van der Waals surface area contributed by atoms with Crippen LogP contribution in [0.5, 0.6) is 0 Å². The summed E-state index contributed by atoms with van der Waals surface area (Å²) in [7, 11) is 2.14. The molecule has 0 fully saturated rings. The van der Waals surface area contributed by atoms with Crippen LogP contribution in [0.1, 0.15) is 60.7 Å². The third-order valence-electron chi connectivity index (χ3n) is 11.8. The largest absolute Gasteiger partial charge is 0.333 e. The number of hydrogen-bond acceptors (Lipinski definition) is 4. The van der Waals surface area contributed by atoms with E-state index in [0.717, 1.165) is 41.2 Å². The molecule has 1 atom stereocenters. The quantitative estimate of drug-likeness (QED) is 0.179. The fourth-order valence-corrected chi connectivity index (χ4v) is 10.6. The summed E-state index contributed by atoms with van der Waals surface area (Å²) in [6, 6.07) is 48.5. The lowest BCUT2D eigenvalue weighted by molar-refractivity contribution is 0.383. The van der Waals surface area contributed by atoms with Gasteiger partial charge >= 0.3 is 0 Å². The Morgan fingerprint density at radius 2 is 1.44 bits per heavy atom. The number of nitrogens with zero attached hydrogens (tertiary/aromatic N) is 4. The molecule has 11 rings (SSSR count). The highest BCUT2D eigenvalue weighted by Gasteiger charge is 2.39. The molecule has 0 radical (unpaired) electrons. The molecular formula is C49H38N4S. The number of thiophene rings is 1. The summed E-state index contributed by atoms with van der Waals surface area (Å²) in [6.07, 6.45) is 6.80. The first-order valence-corrected chi connectivity index (χ1v) is 19.7. The molecule has 3 aliphatic rings. The number of hydrogen-bond donors (Lipinski definition) is 0. The first-order valence-electron chi connectivity index (χ1n) is 18.9. The Morgan fingerprint density at radius 1 is 0.704 bits per heavy atom. The average molecular weight is 715 g/mol. The first kappa shape index (κ1) is 31.5. The number of aromatic nitrogens is 1. The molecule has 0 bridgehead atoms. The fourth-order valence-electron chi connectivity index (χ4n) is 9.36. The number of amidine groups is 2. The highest BCUT2D eigenvalue weighted by Crippen LogP contribution is 2.53. The summed E-state index contributed by atoms with van der Waals surface area (Å²) in [6.45, 7) is 4.81. The first-order chi connectivity index (χ1) is 26.5. The van der Waals surface area contributed by atoms with E-state index in [1.165, 1.54) is 69.6 Å². The Labute approximate surface area is 318 Å². The molecule has 2 aromatic heterocycles. The van der Waals surface area contributed by atoms with Crippen LogP contribution in [0.15, 0.2) is 143 Å². The highest BCUT2D eigenvalue weighted by atomic mass is 32.1. The molecule has 4 nitrogen and oxygen atoms in total. The molecule has 0 saturated heterocycles. The third-order valence-corrected chi connectivity index (χ3v) is 13.0. The average Bonchev–Trinajstić information content (AvgIpc) is 3.84. The van der Waals surface area contributed by atoms with Gasteiger partial charge in [0.1, 0.15) is 12.0 Å². The van der Waals surface area contributed by atoms with E-state index >= 15 is 0 Å². The lowest BCUT2D eigenvalue weighted by atomic mass is 9.81. The van der Waals surface area contributed by atoms with Crippen LogP contribution >= 0.6 is 11.3 Å². The number of para-hydroxylation sites is 1. The van der Waals surface area contributed by atoms with Gasteiger partial charge < -0.3 is 9.47 Å². The van der Waals surface area contributed by atoms with E-state index in [-0.39, 0.29) is 11.6 Å². The van der Waals surface area contributed by atoms with Crippen LogP contribution < -0.4 is 9.75 Å². The van der Waals surface area contributed by atoms with Gasteiger partial charge in [-0.05, 0) is 64.1 Å². The van der Waals surface area contributed by atoms with Crippen LogP contribution in [0, 0.1) is 0 Å². The smallest absolute Gasteiger partial charge is 0.159 e. The number of rotatable bonds is 4. The molecule has 54 heavy (non-hydrogen) atoms. The molecular weight excluding hydrogens is 677 g/mol. The van der Waals surface area contributed by atoms with Crippen LogP contribution in [-0.4, -0.2) is 28.2 Å². The molecule has 1 unspecified atom stereocenters. The van der Waals surface area contributed by atoms with Gasteiger partial charge in [0.15, 0.2) is 5.84 Å². The summed E-state index contributed by atoms with van der Waals surface area (Å²) in [5.74, 6) is 1.67. The molecule has 260 valence electrons. The minimum Gasteiger partial charge on any atom is -0.333 e. The van der Waals surface area contributed by atoms with E-state index in [0.29, 0.717) is 0 Å². The standard InChI is InChI=1S/C49H38N4S/c1-49(2)38-23-13-10-20-33(38)35-26-27-36-34-21-11-14-24-39(34)53(45(36)44(35)49)40-28-32(29-42-43(40)37-22-12-15-25-41(37)54-42)48-51-46(30-16-6-4-7-17-30)50-47(52(48)3)31-18-8-5-9-19-31/h4-11,13-14,16-29,47H,12,15H2,1-3H3. The second-order valence-electron chi connectivity index (χ2n) is 15.3. The van der Waals surface area contributed by atoms with Crippen LogP contribution in [0.2, 0.25) is 0 Å². The molecule has 0 spiro atoms. The van der Waals surface area contributed by atoms with Crippen LogP contribution in [0.4, 0.5) is 0 Å². The van der Waals surface area contributed by atoms with Crippen LogP contribution in [0.3, 0.4) is 0 Å². The van der Waals surface area contributed by atoms with Crippen molar-refractivity contribution in [3.63, 3.8) is 0 Å². The lowest BCUT2D eigenvalue weighted by Gasteiger charge is -2.32. The Balaban J connectivity index is 1.25. The van der Waals surface area contributed by atoms with Crippen molar-refractivity contribution in [2.24, 2.45) is 9.98 Å². The van der Waals surface area contributed by atoms with Gasteiger partial charge in [-0.1, -0.05) is 141 Å². The molecule has 3 heterocycles. The third kappa shape index (κ3) is 4.48. The van der Waals surface area contributed by atoms with Crippen LogP contribution in [0.25, 0.3) is 60.9 Å². The Morgan fingerprint density at radius 3 is 2.30 bits per heavy atom. The highest BCUT2D eigenvalue weighted by molar-refractivity contribution is 7.17. The predicted molar refractivity (Wildman–Crippen MR) is 228 cm³/mol. The molecule has 6 aromatic carbocycles. The fraction of sp³-hybridized carbons (Fsp3) is 0.143. The zero-order valence-electron chi connectivity index (χ0n) is 30.5. The maximum atomic E-state index is 5.40. The Bertz CT molecular complexity index is 3040. The summed E-state index contributed by atoms with van der Waals surface area (Å²) >= 11 is 1.91. The minimum atomic E-state index is -0.220. The zero-order valence-corrected chi connectivity index (χ0v) is 31.4. The second kappa shape index (κ2) is 11.7. The minimum absolute atomic E-state index is 0.181. The molecule has 0 N–H and O–H groups in total. The molecule has 8 aromatic rings. The Hall–Kier alpha value is -6.04. The van der Waals surface area contributed by atoms with E-state index < -0.39 is 0 Å². The maximum Gasteiger partial charge on any atom is 0.159 e. The van der Waals surface area contributed by atoms with E-state index in [1.807, 2.05) is 17.4 Å². The molecule has 0 saturated carbocycles. The van der Waals surface area contributed by atoms with Gasteiger partial charge in [0, 0.05) is 49.0 Å². The van der Waals surface area contributed by atoms with E-state index in [1.54, 1.807) is 0 Å². The summed E-state index contributed by atoms with van der Waals surface area (Å²) in [4.78, 5) is 12.9. The second-order valence-corrected chi connectivity index (χ2v) is 16.4. The maximum absolute atomic E-state index is 5.40.